The fourth-order valence-electron chi connectivity index (χ4n) is 1.68. The summed E-state index contributed by atoms with van der Waals surface area (Å²) in [6, 6.07) is 0. The molecule has 0 bridgehead atoms. The Balaban J connectivity index is 2.21. The fourth-order valence-corrected chi connectivity index (χ4v) is 1.68. The van der Waals surface area contributed by atoms with Crippen LogP contribution in [0.1, 0.15) is 33.1 Å². The van der Waals surface area contributed by atoms with Crippen LogP contribution in [0.5, 0.6) is 0 Å². The highest BCUT2D eigenvalue weighted by molar-refractivity contribution is 5.75. The monoisotopic (exact) mass is 198 g/mol. The zero-order valence-corrected chi connectivity index (χ0v) is 9.38. The van der Waals surface area contributed by atoms with Crippen LogP contribution in [-0.2, 0) is 4.79 Å². The van der Waals surface area contributed by atoms with Gasteiger partial charge in [-0.2, -0.15) is 0 Å². The van der Waals surface area contributed by atoms with Crippen LogP contribution < -0.4 is 5.32 Å². The third-order valence-electron chi connectivity index (χ3n) is 2.65. The molecule has 0 aromatic heterocycles. The van der Waals surface area contributed by atoms with E-state index in [0.29, 0.717) is 6.42 Å². The van der Waals surface area contributed by atoms with E-state index < -0.39 is 0 Å². The second-order valence-corrected chi connectivity index (χ2v) is 4.48. The van der Waals surface area contributed by atoms with Crippen LogP contribution in [0.4, 0.5) is 0 Å². The van der Waals surface area contributed by atoms with Gasteiger partial charge in [-0.05, 0) is 31.8 Å². The third kappa shape index (κ3) is 4.61. The van der Waals surface area contributed by atoms with Crippen molar-refractivity contribution in [2.75, 3.05) is 26.2 Å². The van der Waals surface area contributed by atoms with E-state index in [0.717, 1.165) is 32.0 Å². The first kappa shape index (κ1) is 11.5. The Kier molecular flexibility index (Phi) is 4.94. The van der Waals surface area contributed by atoms with Gasteiger partial charge in [0.1, 0.15) is 0 Å². The summed E-state index contributed by atoms with van der Waals surface area (Å²) in [6.45, 7) is 8.60. The number of carbonyl (C=O) groups is 1. The molecule has 14 heavy (non-hydrogen) atoms. The van der Waals surface area contributed by atoms with Gasteiger partial charge in [0.05, 0.1) is 0 Å². The predicted molar refractivity (Wildman–Crippen MR) is 58.1 cm³/mol. The number of nitrogens with one attached hydrogen (secondary N) is 1. The lowest BCUT2D eigenvalue weighted by molar-refractivity contribution is -0.121. The van der Waals surface area contributed by atoms with Crippen molar-refractivity contribution >= 4 is 5.91 Å². The van der Waals surface area contributed by atoms with E-state index in [1.807, 2.05) is 0 Å². The summed E-state index contributed by atoms with van der Waals surface area (Å²) in [6.07, 6.45) is 2.95. The minimum atomic E-state index is 0.216. The van der Waals surface area contributed by atoms with Gasteiger partial charge < -0.3 is 10.2 Å². The Morgan fingerprint density at radius 1 is 1.43 bits per heavy atom. The van der Waals surface area contributed by atoms with Crippen molar-refractivity contribution < 1.29 is 4.79 Å². The van der Waals surface area contributed by atoms with E-state index in [4.69, 9.17) is 0 Å². The van der Waals surface area contributed by atoms with Crippen molar-refractivity contribution in [3.63, 3.8) is 0 Å². The zero-order chi connectivity index (χ0) is 10.4. The maximum atomic E-state index is 11.1. The molecule has 1 saturated heterocycles. The number of hydrogen-bond acceptors (Lipinski definition) is 2. The van der Waals surface area contributed by atoms with Crippen molar-refractivity contribution in [3.8, 4) is 0 Å². The summed E-state index contributed by atoms with van der Waals surface area (Å²) in [5, 5.41) is 2.92. The molecule has 0 unspecified atom stereocenters. The van der Waals surface area contributed by atoms with Gasteiger partial charge in [0.25, 0.3) is 0 Å². The van der Waals surface area contributed by atoms with Gasteiger partial charge in [-0.25, -0.2) is 0 Å². The summed E-state index contributed by atoms with van der Waals surface area (Å²) < 4.78 is 0. The van der Waals surface area contributed by atoms with E-state index in [1.165, 1.54) is 13.0 Å². The summed E-state index contributed by atoms with van der Waals surface area (Å²) in [5.74, 6) is 0.989. The number of nitrogens with zero attached hydrogens (tertiary/aromatic N) is 1. The van der Waals surface area contributed by atoms with Crippen molar-refractivity contribution in [2.45, 2.75) is 33.1 Å². The van der Waals surface area contributed by atoms with Crippen molar-refractivity contribution in [1.29, 1.82) is 0 Å². The standard InChI is InChI=1S/C11H22N2O/c1-10(2)5-8-13-7-3-4-11(14)12-6-9-13/h10H,3-9H2,1-2H3,(H,12,14). The summed E-state index contributed by atoms with van der Waals surface area (Å²) in [4.78, 5) is 13.5. The zero-order valence-electron chi connectivity index (χ0n) is 9.38. The molecule has 0 aromatic carbocycles. The maximum Gasteiger partial charge on any atom is 0.220 e. The molecule has 1 amide bonds. The predicted octanol–water partition coefficient (Wildman–Crippen LogP) is 1.24. The Bertz CT molecular complexity index is 168. The van der Waals surface area contributed by atoms with Crippen LogP contribution >= 0.6 is 0 Å². The maximum absolute atomic E-state index is 11.1. The molecule has 1 rings (SSSR count). The molecule has 1 aliphatic heterocycles. The average Bonchev–Trinajstić information content (AvgIpc) is 2.08. The molecule has 1 N–H and O–H groups in total. The topological polar surface area (TPSA) is 32.3 Å². The highest BCUT2D eigenvalue weighted by Gasteiger charge is 2.11. The van der Waals surface area contributed by atoms with Crippen molar-refractivity contribution in [2.24, 2.45) is 5.92 Å². The van der Waals surface area contributed by atoms with E-state index in [-0.39, 0.29) is 5.91 Å². The fraction of sp³-hybridized carbons (Fsp3) is 0.909. The quantitative estimate of drug-likeness (QED) is 0.740. The lowest BCUT2D eigenvalue weighted by Gasteiger charge is -2.25. The van der Waals surface area contributed by atoms with Gasteiger partial charge in [-0.1, -0.05) is 13.8 Å². The summed E-state index contributed by atoms with van der Waals surface area (Å²) >= 11 is 0. The molecular weight excluding hydrogens is 176 g/mol. The third-order valence-corrected chi connectivity index (χ3v) is 2.65. The average molecular weight is 198 g/mol. The number of amides is 1. The van der Waals surface area contributed by atoms with Crippen LogP contribution in [0.25, 0.3) is 0 Å². The molecule has 0 saturated carbocycles. The molecule has 1 fully saturated rings. The molecule has 3 heteroatoms. The Morgan fingerprint density at radius 3 is 2.93 bits per heavy atom. The molecule has 82 valence electrons. The minimum Gasteiger partial charge on any atom is -0.355 e. The smallest absolute Gasteiger partial charge is 0.220 e. The van der Waals surface area contributed by atoms with Crippen LogP contribution in [-0.4, -0.2) is 37.0 Å². The highest BCUT2D eigenvalue weighted by atomic mass is 16.1. The first-order valence-corrected chi connectivity index (χ1v) is 5.67. The Morgan fingerprint density at radius 2 is 2.21 bits per heavy atom. The van der Waals surface area contributed by atoms with Crippen LogP contribution in [0.3, 0.4) is 0 Å². The first-order chi connectivity index (χ1) is 6.68. The van der Waals surface area contributed by atoms with E-state index >= 15 is 0 Å². The van der Waals surface area contributed by atoms with Crippen LogP contribution in [0.2, 0.25) is 0 Å². The van der Waals surface area contributed by atoms with Gasteiger partial charge >= 0.3 is 0 Å². The van der Waals surface area contributed by atoms with Crippen LogP contribution in [0.15, 0.2) is 0 Å². The van der Waals surface area contributed by atoms with Gasteiger partial charge in [0, 0.05) is 19.5 Å². The van der Waals surface area contributed by atoms with Gasteiger partial charge in [0.2, 0.25) is 5.91 Å². The minimum absolute atomic E-state index is 0.216. The van der Waals surface area contributed by atoms with Crippen molar-refractivity contribution in [1.82, 2.24) is 10.2 Å². The summed E-state index contributed by atoms with van der Waals surface area (Å²) in [5.41, 5.74) is 0. The Hall–Kier alpha value is -0.570. The van der Waals surface area contributed by atoms with E-state index in [2.05, 4.69) is 24.1 Å². The van der Waals surface area contributed by atoms with E-state index in [1.54, 1.807) is 0 Å². The SMILES string of the molecule is CC(C)CCN1CCCC(=O)NCC1. The second-order valence-electron chi connectivity index (χ2n) is 4.48. The van der Waals surface area contributed by atoms with Gasteiger partial charge in [-0.3, -0.25) is 4.79 Å². The highest BCUT2D eigenvalue weighted by Crippen LogP contribution is 2.04. The largest absolute Gasteiger partial charge is 0.355 e. The molecule has 1 aliphatic rings. The molecule has 0 aliphatic carbocycles. The second kappa shape index (κ2) is 6.02. The first-order valence-electron chi connectivity index (χ1n) is 5.67. The molecule has 3 nitrogen and oxygen atoms in total. The molecule has 0 spiro atoms. The molecule has 0 atom stereocenters. The number of rotatable bonds is 3. The normalized spacial score (nSPS) is 20.4. The van der Waals surface area contributed by atoms with E-state index in [9.17, 15) is 4.79 Å². The lowest BCUT2D eigenvalue weighted by Crippen LogP contribution is -2.39. The number of carbonyl (C=O) groups excluding carboxylic acids is 1. The summed E-state index contributed by atoms with van der Waals surface area (Å²) in [7, 11) is 0. The molecule has 0 radical (unpaired) electrons. The van der Waals surface area contributed by atoms with Crippen molar-refractivity contribution in [3.05, 3.63) is 0 Å². The van der Waals surface area contributed by atoms with Gasteiger partial charge in [0.15, 0.2) is 0 Å². The molecule has 0 aromatic rings. The lowest BCUT2D eigenvalue weighted by atomic mass is 10.1. The Labute approximate surface area is 86.9 Å². The van der Waals surface area contributed by atoms with Gasteiger partial charge in [-0.15, -0.1) is 0 Å². The molecular formula is C11H22N2O. The molecule has 1 heterocycles. The number of hydrogen-bond donors (Lipinski definition) is 1. The van der Waals surface area contributed by atoms with Crippen LogP contribution in [0, 0.1) is 5.92 Å².